The molecule has 0 aliphatic carbocycles. The summed E-state index contributed by atoms with van der Waals surface area (Å²) in [5.74, 6) is 0. The fourth-order valence-electron chi connectivity index (χ4n) is 0.331. The largest absolute Gasteiger partial charge is 0.465 e. The summed E-state index contributed by atoms with van der Waals surface area (Å²) < 4.78 is 5.20. The first-order valence-corrected chi connectivity index (χ1v) is 5.71. The van der Waals surface area contributed by atoms with Gasteiger partial charge in [0.2, 0.25) is 0 Å². The molecule has 0 aromatic heterocycles. The second-order valence-corrected chi connectivity index (χ2v) is 5.55. The number of rotatable bonds is 3. The molecular formula is C4H12OSi2. The minimum atomic E-state index is -0.738. The SMILES string of the molecule is C=CC[SiH](C)O[SiH3]. The first-order valence-electron chi connectivity index (χ1n) is 2.45. The summed E-state index contributed by atoms with van der Waals surface area (Å²) in [4.78, 5) is 0. The first-order chi connectivity index (χ1) is 3.31. The molecule has 0 aliphatic heterocycles. The second kappa shape index (κ2) is 4.30. The highest BCUT2D eigenvalue weighted by Gasteiger charge is 1.93. The molecule has 1 nitrogen and oxygen atoms in total. The lowest BCUT2D eigenvalue weighted by atomic mass is 10.8. The van der Waals surface area contributed by atoms with Crippen molar-refractivity contribution >= 4 is 19.5 Å². The maximum atomic E-state index is 5.20. The maximum Gasteiger partial charge on any atom is 0.162 e. The molecule has 0 saturated carbocycles. The van der Waals surface area contributed by atoms with Gasteiger partial charge in [-0.3, -0.25) is 0 Å². The summed E-state index contributed by atoms with van der Waals surface area (Å²) in [6.45, 7) is 5.81. The molecule has 0 aromatic carbocycles. The van der Waals surface area contributed by atoms with Crippen LogP contribution >= 0.6 is 0 Å². The third-order valence-electron chi connectivity index (χ3n) is 0.901. The first kappa shape index (κ1) is 7.13. The van der Waals surface area contributed by atoms with Crippen LogP contribution in [0.2, 0.25) is 12.6 Å². The minimum Gasteiger partial charge on any atom is -0.465 e. The van der Waals surface area contributed by atoms with Crippen LogP contribution in [-0.2, 0) is 4.12 Å². The number of hydrogen-bond donors (Lipinski definition) is 0. The van der Waals surface area contributed by atoms with E-state index in [9.17, 15) is 0 Å². The Kier molecular flexibility index (Phi) is 4.38. The van der Waals surface area contributed by atoms with Gasteiger partial charge in [0.05, 0.1) is 0 Å². The highest BCUT2D eigenvalue weighted by Crippen LogP contribution is 1.89. The lowest BCUT2D eigenvalue weighted by Crippen LogP contribution is -2.08. The van der Waals surface area contributed by atoms with E-state index in [1.807, 2.05) is 6.08 Å². The smallest absolute Gasteiger partial charge is 0.162 e. The molecular weight excluding hydrogens is 120 g/mol. The maximum absolute atomic E-state index is 5.20. The van der Waals surface area contributed by atoms with Gasteiger partial charge in [0.1, 0.15) is 10.5 Å². The lowest BCUT2D eigenvalue weighted by molar-refractivity contribution is 0.642. The molecule has 0 amide bonds. The van der Waals surface area contributed by atoms with Crippen LogP contribution in [0.3, 0.4) is 0 Å². The van der Waals surface area contributed by atoms with Gasteiger partial charge in [-0.1, -0.05) is 6.08 Å². The molecule has 0 bridgehead atoms. The van der Waals surface area contributed by atoms with Crippen LogP contribution in [0, 0.1) is 0 Å². The molecule has 0 N–H and O–H groups in total. The van der Waals surface area contributed by atoms with Crippen molar-refractivity contribution in [1.82, 2.24) is 0 Å². The van der Waals surface area contributed by atoms with E-state index in [-0.39, 0.29) is 0 Å². The van der Waals surface area contributed by atoms with Crippen molar-refractivity contribution in [3.05, 3.63) is 12.7 Å². The Labute approximate surface area is 49.7 Å². The highest BCUT2D eigenvalue weighted by atomic mass is 28.3. The van der Waals surface area contributed by atoms with Gasteiger partial charge in [0.25, 0.3) is 0 Å². The number of allylic oxidation sites excluding steroid dienone is 1. The summed E-state index contributed by atoms with van der Waals surface area (Å²) in [6, 6.07) is 1.11. The molecule has 0 aliphatic rings. The Balaban J connectivity index is 2.98. The lowest BCUT2D eigenvalue weighted by Gasteiger charge is -2.00. The molecule has 0 aromatic rings. The molecule has 42 valence electrons. The molecule has 3 heteroatoms. The van der Waals surface area contributed by atoms with Crippen LogP contribution < -0.4 is 0 Å². The Morgan fingerprint density at radius 1 is 2.00 bits per heavy atom. The Bertz CT molecular complexity index is 55.7. The molecule has 0 fully saturated rings. The monoisotopic (exact) mass is 132 g/mol. The van der Waals surface area contributed by atoms with Crippen LogP contribution in [0.15, 0.2) is 12.7 Å². The average Bonchev–Trinajstić information content (AvgIpc) is 1.68. The molecule has 0 heterocycles. The van der Waals surface area contributed by atoms with Gasteiger partial charge in [0, 0.05) is 0 Å². The zero-order chi connectivity index (χ0) is 5.70. The van der Waals surface area contributed by atoms with Gasteiger partial charge in [-0.15, -0.1) is 6.58 Å². The molecule has 0 rings (SSSR count). The van der Waals surface area contributed by atoms with E-state index in [0.29, 0.717) is 0 Å². The summed E-state index contributed by atoms with van der Waals surface area (Å²) >= 11 is 0. The van der Waals surface area contributed by atoms with E-state index in [1.54, 1.807) is 0 Å². The Morgan fingerprint density at radius 2 is 2.57 bits per heavy atom. The van der Waals surface area contributed by atoms with Gasteiger partial charge in [-0.2, -0.15) is 0 Å². The topological polar surface area (TPSA) is 9.23 Å². The second-order valence-electron chi connectivity index (χ2n) is 1.57. The van der Waals surface area contributed by atoms with E-state index in [0.717, 1.165) is 16.5 Å². The van der Waals surface area contributed by atoms with Gasteiger partial charge in [-0.05, 0) is 12.6 Å². The van der Waals surface area contributed by atoms with Crippen LogP contribution in [0.25, 0.3) is 0 Å². The van der Waals surface area contributed by atoms with Crippen molar-refractivity contribution in [3.8, 4) is 0 Å². The van der Waals surface area contributed by atoms with Crippen LogP contribution in [-0.4, -0.2) is 19.5 Å². The molecule has 0 radical (unpaired) electrons. The molecule has 1 unspecified atom stereocenters. The van der Waals surface area contributed by atoms with Crippen molar-refractivity contribution in [2.75, 3.05) is 0 Å². The zero-order valence-corrected chi connectivity index (χ0v) is 8.13. The fourth-order valence-corrected chi connectivity index (χ4v) is 1.57. The minimum absolute atomic E-state index is 0.738. The van der Waals surface area contributed by atoms with Crippen molar-refractivity contribution in [2.45, 2.75) is 12.6 Å². The molecule has 0 spiro atoms. The van der Waals surface area contributed by atoms with Gasteiger partial charge >= 0.3 is 0 Å². The van der Waals surface area contributed by atoms with Crippen molar-refractivity contribution in [3.63, 3.8) is 0 Å². The van der Waals surface area contributed by atoms with Crippen LogP contribution in [0.5, 0.6) is 0 Å². The van der Waals surface area contributed by atoms with Crippen molar-refractivity contribution in [1.29, 1.82) is 0 Å². The Hall–Kier alpha value is 0.134. The summed E-state index contributed by atoms with van der Waals surface area (Å²) in [7, 11) is 0.163. The van der Waals surface area contributed by atoms with E-state index >= 15 is 0 Å². The summed E-state index contributed by atoms with van der Waals surface area (Å²) in [5, 5.41) is 0. The molecule has 0 saturated heterocycles. The van der Waals surface area contributed by atoms with E-state index < -0.39 is 9.04 Å². The molecule has 1 atom stereocenters. The van der Waals surface area contributed by atoms with Gasteiger partial charge < -0.3 is 4.12 Å². The third-order valence-corrected chi connectivity index (χ3v) is 5.12. The highest BCUT2D eigenvalue weighted by molar-refractivity contribution is 6.54. The van der Waals surface area contributed by atoms with Gasteiger partial charge in [0.15, 0.2) is 9.04 Å². The van der Waals surface area contributed by atoms with E-state index in [1.165, 1.54) is 0 Å². The van der Waals surface area contributed by atoms with Crippen LogP contribution in [0.1, 0.15) is 0 Å². The average molecular weight is 132 g/mol. The van der Waals surface area contributed by atoms with Crippen molar-refractivity contribution in [2.24, 2.45) is 0 Å². The standard InChI is InChI=1S/C4H12OSi2/c1-3-4-7(2)5-6/h3,7H,1,4H2,2,6H3. The predicted octanol–water partition coefficient (Wildman–Crippen LogP) is -0.177. The summed E-state index contributed by atoms with van der Waals surface area (Å²) in [6.07, 6.45) is 1.94. The fraction of sp³-hybridized carbons (Fsp3) is 0.500. The van der Waals surface area contributed by atoms with E-state index in [2.05, 4.69) is 13.1 Å². The Morgan fingerprint density at radius 3 is 2.71 bits per heavy atom. The van der Waals surface area contributed by atoms with Gasteiger partial charge in [-0.25, -0.2) is 0 Å². The third kappa shape index (κ3) is 3.98. The van der Waals surface area contributed by atoms with Crippen LogP contribution in [0.4, 0.5) is 0 Å². The zero-order valence-electron chi connectivity index (χ0n) is 4.98. The van der Waals surface area contributed by atoms with E-state index in [4.69, 9.17) is 4.12 Å². The normalized spacial score (nSPS) is 13.9. The van der Waals surface area contributed by atoms with Crippen molar-refractivity contribution < 1.29 is 4.12 Å². The molecule has 7 heavy (non-hydrogen) atoms. The summed E-state index contributed by atoms with van der Waals surface area (Å²) in [5.41, 5.74) is 0. The quantitative estimate of drug-likeness (QED) is 0.382. The number of hydrogen-bond acceptors (Lipinski definition) is 1. The predicted molar refractivity (Wildman–Crippen MR) is 39.0 cm³/mol.